The van der Waals surface area contributed by atoms with E-state index < -0.39 is 17.4 Å². The smallest absolute Gasteiger partial charge is 0.227 e. The minimum atomic E-state index is -0.843. The SMILES string of the molecule is COc1c(F)cc(NC(=O)[C@@H]2CCC[C@@H]2CN)cc1F.Cl. The van der Waals surface area contributed by atoms with Crippen LogP contribution in [-0.4, -0.2) is 19.6 Å². The zero-order valence-electron chi connectivity index (χ0n) is 11.7. The summed E-state index contributed by atoms with van der Waals surface area (Å²) >= 11 is 0. The van der Waals surface area contributed by atoms with Gasteiger partial charge in [-0.25, -0.2) is 8.78 Å². The molecule has 0 heterocycles. The van der Waals surface area contributed by atoms with E-state index in [2.05, 4.69) is 10.1 Å². The van der Waals surface area contributed by atoms with Gasteiger partial charge in [0.1, 0.15) is 0 Å². The fourth-order valence-electron chi connectivity index (χ4n) is 2.73. The summed E-state index contributed by atoms with van der Waals surface area (Å²) in [5.74, 6) is -2.42. The first-order valence-corrected chi connectivity index (χ1v) is 6.60. The Labute approximate surface area is 128 Å². The largest absolute Gasteiger partial charge is 0.491 e. The van der Waals surface area contributed by atoms with Crippen LogP contribution < -0.4 is 15.8 Å². The van der Waals surface area contributed by atoms with Gasteiger partial charge in [-0.05, 0) is 25.3 Å². The first-order valence-electron chi connectivity index (χ1n) is 6.60. The molecule has 21 heavy (non-hydrogen) atoms. The third-order valence-electron chi connectivity index (χ3n) is 3.77. The number of anilines is 1. The van der Waals surface area contributed by atoms with Crippen molar-refractivity contribution in [3.8, 4) is 5.75 Å². The molecule has 1 aliphatic carbocycles. The van der Waals surface area contributed by atoms with Crippen LogP contribution in [0, 0.1) is 23.5 Å². The van der Waals surface area contributed by atoms with Crippen LogP contribution in [0.3, 0.4) is 0 Å². The van der Waals surface area contributed by atoms with E-state index in [0.29, 0.717) is 6.54 Å². The number of halogens is 3. The quantitative estimate of drug-likeness (QED) is 0.896. The Morgan fingerprint density at radius 2 is 2.00 bits per heavy atom. The number of nitrogens with two attached hydrogens (primary N) is 1. The highest BCUT2D eigenvalue weighted by molar-refractivity contribution is 5.93. The first kappa shape index (κ1) is 17.7. The topological polar surface area (TPSA) is 64.3 Å². The number of hydrogen-bond donors (Lipinski definition) is 2. The lowest BCUT2D eigenvalue weighted by Gasteiger charge is -2.17. The highest BCUT2D eigenvalue weighted by atomic mass is 35.5. The Bertz CT molecular complexity index is 491. The number of nitrogens with one attached hydrogen (secondary N) is 1. The molecule has 1 fully saturated rings. The van der Waals surface area contributed by atoms with Gasteiger partial charge in [-0.3, -0.25) is 4.79 Å². The molecule has 118 valence electrons. The Hall–Kier alpha value is -1.40. The Kier molecular flexibility index (Phi) is 6.36. The van der Waals surface area contributed by atoms with Gasteiger partial charge >= 0.3 is 0 Å². The van der Waals surface area contributed by atoms with Crippen LogP contribution in [0.4, 0.5) is 14.5 Å². The number of benzene rings is 1. The maximum atomic E-state index is 13.5. The van der Waals surface area contributed by atoms with Gasteiger partial charge in [0.05, 0.1) is 7.11 Å². The standard InChI is InChI=1S/C14H18F2N2O2.ClH/c1-20-13-11(15)5-9(6-12(13)16)18-14(19)10-4-2-3-8(10)7-17;/h5-6,8,10H,2-4,7,17H2,1H3,(H,18,19);1H/t8-,10-;/m1./s1. The molecule has 1 saturated carbocycles. The summed E-state index contributed by atoms with van der Waals surface area (Å²) in [6.07, 6.45) is 2.63. The van der Waals surface area contributed by atoms with Crippen LogP contribution in [0.25, 0.3) is 0 Å². The van der Waals surface area contributed by atoms with Crippen molar-refractivity contribution in [1.29, 1.82) is 0 Å². The van der Waals surface area contributed by atoms with Crippen LogP contribution in [-0.2, 0) is 4.79 Å². The van der Waals surface area contributed by atoms with E-state index in [0.717, 1.165) is 31.4 Å². The summed E-state index contributed by atoms with van der Waals surface area (Å²) in [4.78, 5) is 12.1. The summed E-state index contributed by atoms with van der Waals surface area (Å²) in [6.45, 7) is 0.448. The minimum absolute atomic E-state index is 0. The van der Waals surface area contributed by atoms with Gasteiger partial charge < -0.3 is 15.8 Å². The predicted molar refractivity (Wildman–Crippen MR) is 78.7 cm³/mol. The molecule has 0 radical (unpaired) electrons. The van der Waals surface area contributed by atoms with Gasteiger partial charge in [0, 0.05) is 23.7 Å². The number of carbonyl (C=O) groups is 1. The van der Waals surface area contributed by atoms with Gasteiger partial charge in [-0.1, -0.05) is 6.42 Å². The minimum Gasteiger partial charge on any atom is -0.491 e. The molecule has 1 aromatic rings. The molecule has 1 amide bonds. The van der Waals surface area contributed by atoms with Crippen LogP contribution in [0.1, 0.15) is 19.3 Å². The average molecular weight is 321 g/mol. The van der Waals surface area contributed by atoms with Crippen molar-refractivity contribution in [2.24, 2.45) is 17.6 Å². The van der Waals surface area contributed by atoms with E-state index in [4.69, 9.17) is 5.73 Å². The summed E-state index contributed by atoms with van der Waals surface area (Å²) in [5, 5.41) is 2.55. The zero-order chi connectivity index (χ0) is 14.7. The number of methoxy groups -OCH3 is 1. The summed E-state index contributed by atoms with van der Waals surface area (Å²) < 4.78 is 31.7. The molecule has 1 aliphatic rings. The van der Waals surface area contributed by atoms with Crippen molar-refractivity contribution in [2.75, 3.05) is 19.0 Å². The van der Waals surface area contributed by atoms with E-state index in [9.17, 15) is 13.6 Å². The van der Waals surface area contributed by atoms with Crippen molar-refractivity contribution in [1.82, 2.24) is 0 Å². The van der Waals surface area contributed by atoms with E-state index in [-0.39, 0.29) is 35.8 Å². The molecule has 2 atom stereocenters. The van der Waals surface area contributed by atoms with E-state index in [1.807, 2.05) is 0 Å². The van der Waals surface area contributed by atoms with Crippen molar-refractivity contribution in [2.45, 2.75) is 19.3 Å². The monoisotopic (exact) mass is 320 g/mol. The molecule has 1 aromatic carbocycles. The highest BCUT2D eigenvalue weighted by Crippen LogP contribution is 2.32. The second-order valence-electron chi connectivity index (χ2n) is 5.00. The van der Waals surface area contributed by atoms with Crippen molar-refractivity contribution in [3.05, 3.63) is 23.8 Å². The lowest BCUT2D eigenvalue weighted by molar-refractivity contribution is -0.120. The van der Waals surface area contributed by atoms with E-state index in [1.54, 1.807) is 0 Å². The summed E-state index contributed by atoms with van der Waals surface area (Å²) in [5.41, 5.74) is 5.72. The van der Waals surface area contributed by atoms with E-state index in [1.165, 1.54) is 7.11 Å². The molecule has 0 unspecified atom stereocenters. The lowest BCUT2D eigenvalue weighted by atomic mass is 9.95. The second kappa shape index (κ2) is 7.56. The first-order chi connectivity index (χ1) is 9.56. The Morgan fingerprint density at radius 1 is 1.38 bits per heavy atom. The molecule has 0 saturated heterocycles. The summed E-state index contributed by atoms with van der Waals surface area (Å²) in [6, 6.07) is 2.10. The molecule has 0 aromatic heterocycles. The van der Waals surface area contributed by atoms with Gasteiger partial charge in [-0.2, -0.15) is 0 Å². The molecular formula is C14H19ClF2N2O2. The maximum absolute atomic E-state index is 13.5. The van der Waals surface area contributed by atoms with Gasteiger partial charge in [0.25, 0.3) is 0 Å². The molecule has 0 bridgehead atoms. The van der Waals surface area contributed by atoms with Crippen LogP contribution >= 0.6 is 12.4 Å². The predicted octanol–water partition coefficient (Wildman–Crippen LogP) is 2.71. The number of rotatable bonds is 4. The third-order valence-corrected chi connectivity index (χ3v) is 3.77. The molecule has 4 nitrogen and oxygen atoms in total. The third kappa shape index (κ3) is 3.83. The lowest BCUT2D eigenvalue weighted by Crippen LogP contribution is -2.29. The Balaban J connectivity index is 0.00000220. The van der Waals surface area contributed by atoms with Gasteiger partial charge in [0.2, 0.25) is 5.91 Å². The van der Waals surface area contributed by atoms with Crippen LogP contribution in [0.2, 0.25) is 0 Å². The zero-order valence-corrected chi connectivity index (χ0v) is 12.5. The second-order valence-corrected chi connectivity index (χ2v) is 5.00. The maximum Gasteiger partial charge on any atom is 0.227 e. The fourth-order valence-corrected chi connectivity index (χ4v) is 2.73. The molecule has 0 aliphatic heterocycles. The Morgan fingerprint density at radius 3 is 2.52 bits per heavy atom. The number of carbonyl (C=O) groups excluding carboxylic acids is 1. The van der Waals surface area contributed by atoms with Crippen LogP contribution in [0.5, 0.6) is 5.75 Å². The summed E-state index contributed by atoms with van der Waals surface area (Å²) in [7, 11) is 1.18. The number of hydrogen-bond acceptors (Lipinski definition) is 3. The fraction of sp³-hybridized carbons (Fsp3) is 0.500. The van der Waals surface area contributed by atoms with Crippen molar-refractivity contribution < 1.29 is 18.3 Å². The normalized spacial score (nSPS) is 20.8. The van der Waals surface area contributed by atoms with Gasteiger partial charge in [-0.15, -0.1) is 12.4 Å². The number of amides is 1. The average Bonchev–Trinajstić information content (AvgIpc) is 2.86. The number of ether oxygens (including phenoxy) is 1. The molecular weight excluding hydrogens is 302 g/mol. The van der Waals surface area contributed by atoms with E-state index >= 15 is 0 Å². The van der Waals surface area contributed by atoms with Crippen molar-refractivity contribution >= 4 is 24.0 Å². The van der Waals surface area contributed by atoms with Crippen LogP contribution in [0.15, 0.2) is 12.1 Å². The van der Waals surface area contributed by atoms with Crippen molar-refractivity contribution in [3.63, 3.8) is 0 Å². The molecule has 2 rings (SSSR count). The molecule has 7 heteroatoms. The molecule has 3 N–H and O–H groups in total. The van der Waals surface area contributed by atoms with Gasteiger partial charge in [0.15, 0.2) is 17.4 Å². The molecule has 0 spiro atoms. The highest BCUT2D eigenvalue weighted by Gasteiger charge is 2.32.